The van der Waals surface area contributed by atoms with Gasteiger partial charge in [-0.3, -0.25) is 4.79 Å². The van der Waals surface area contributed by atoms with Crippen molar-refractivity contribution in [2.75, 3.05) is 19.6 Å². The first-order valence-corrected chi connectivity index (χ1v) is 6.92. The molecule has 0 aromatic rings. The Labute approximate surface area is 100 Å². The van der Waals surface area contributed by atoms with Gasteiger partial charge in [0.25, 0.3) is 0 Å². The van der Waals surface area contributed by atoms with Gasteiger partial charge in [0, 0.05) is 18.9 Å². The van der Waals surface area contributed by atoms with E-state index in [9.17, 15) is 4.79 Å². The molecule has 1 fully saturated rings. The number of hydrogen-bond acceptors (Lipinski definition) is 2. The van der Waals surface area contributed by atoms with Crippen LogP contribution in [0.2, 0.25) is 0 Å². The smallest absolute Gasteiger partial charge is 0.137 e. The van der Waals surface area contributed by atoms with E-state index in [1.54, 1.807) is 0 Å². The summed E-state index contributed by atoms with van der Waals surface area (Å²) in [6, 6.07) is 0. The van der Waals surface area contributed by atoms with Crippen LogP contribution in [-0.4, -0.2) is 30.3 Å². The van der Waals surface area contributed by atoms with E-state index in [-0.39, 0.29) is 0 Å². The first-order valence-electron chi connectivity index (χ1n) is 6.92. The predicted molar refractivity (Wildman–Crippen MR) is 68.5 cm³/mol. The number of nitrogens with zero attached hydrogens (tertiary/aromatic N) is 1. The normalized spacial score (nSPS) is 26.4. The monoisotopic (exact) mass is 225 g/mol. The second kappa shape index (κ2) is 7.05. The van der Waals surface area contributed by atoms with Gasteiger partial charge in [0.15, 0.2) is 0 Å². The molecule has 1 aliphatic rings. The van der Waals surface area contributed by atoms with E-state index in [1.807, 2.05) is 0 Å². The second-order valence-corrected chi connectivity index (χ2v) is 5.34. The Morgan fingerprint density at radius 1 is 1.25 bits per heavy atom. The van der Waals surface area contributed by atoms with Crippen LogP contribution < -0.4 is 0 Å². The zero-order valence-corrected chi connectivity index (χ0v) is 11.2. The summed E-state index contributed by atoms with van der Waals surface area (Å²) in [5.74, 6) is 1.57. The lowest BCUT2D eigenvalue weighted by molar-refractivity contribution is -0.126. The summed E-state index contributed by atoms with van der Waals surface area (Å²) in [5, 5.41) is 0. The van der Waals surface area contributed by atoms with Crippen molar-refractivity contribution < 1.29 is 4.79 Å². The lowest BCUT2D eigenvalue weighted by Gasteiger charge is -2.30. The first kappa shape index (κ1) is 13.7. The minimum absolute atomic E-state index is 0.321. The minimum atomic E-state index is 0.321. The van der Waals surface area contributed by atoms with Gasteiger partial charge >= 0.3 is 0 Å². The standard InChI is InChI=1S/C14H27NO/c1-4-8-15(9-5-2)11-13-10-12(3)6-7-14(13)16/h12-13H,4-11H2,1-3H3. The van der Waals surface area contributed by atoms with Crippen LogP contribution in [0.15, 0.2) is 0 Å². The summed E-state index contributed by atoms with van der Waals surface area (Å²) in [6.07, 6.45) is 5.42. The van der Waals surface area contributed by atoms with Gasteiger partial charge in [-0.15, -0.1) is 0 Å². The SMILES string of the molecule is CCCN(CCC)CC1CC(C)CCC1=O. The lowest BCUT2D eigenvalue weighted by Crippen LogP contribution is -2.37. The van der Waals surface area contributed by atoms with Crippen LogP contribution in [0.25, 0.3) is 0 Å². The maximum atomic E-state index is 11.9. The molecule has 0 aromatic carbocycles. The van der Waals surface area contributed by atoms with E-state index in [0.717, 1.165) is 44.8 Å². The van der Waals surface area contributed by atoms with Crippen LogP contribution in [0.4, 0.5) is 0 Å². The molecular weight excluding hydrogens is 198 g/mol. The molecule has 0 radical (unpaired) electrons. The van der Waals surface area contributed by atoms with Gasteiger partial charge in [-0.1, -0.05) is 20.8 Å². The van der Waals surface area contributed by atoms with Gasteiger partial charge in [0.1, 0.15) is 5.78 Å². The van der Waals surface area contributed by atoms with Crippen LogP contribution >= 0.6 is 0 Å². The molecule has 16 heavy (non-hydrogen) atoms. The van der Waals surface area contributed by atoms with Crippen molar-refractivity contribution >= 4 is 5.78 Å². The van der Waals surface area contributed by atoms with E-state index in [0.29, 0.717) is 11.7 Å². The van der Waals surface area contributed by atoms with Crippen LogP contribution in [0, 0.1) is 11.8 Å². The van der Waals surface area contributed by atoms with Crippen molar-refractivity contribution in [1.82, 2.24) is 4.90 Å². The highest BCUT2D eigenvalue weighted by molar-refractivity contribution is 5.81. The van der Waals surface area contributed by atoms with Gasteiger partial charge < -0.3 is 4.90 Å². The fraction of sp³-hybridized carbons (Fsp3) is 0.929. The summed E-state index contributed by atoms with van der Waals surface area (Å²) in [7, 11) is 0. The zero-order chi connectivity index (χ0) is 12.0. The van der Waals surface area contributed by atoms with Crippen LogP contribution in [0.3, 0.4) is 0 Å². The summed E-state index contributed by atoms with van der Waals surface area (Å²) in [5.41, 5.74) is 0. The number of rotatable bonds is 6. The van der Waals surface area contributed by atoms with Crippen molar-refractivity contribution in [2.45, 2.75) is 52.9 Å². The highest BCUT2D eigenvalue weighted by Gasteiger charge is 2.27. The number of carbonyl (C=O) groups excluding carboxylic acids is 1. The maximum absolute atomic E-state index is 11.9. The van der Waals surface area contributed by atoms with Crippen molar-refractivity contribution in [1.29, 1.82) is 0 Å². The molecule has 2 nitrogen and oxygen atoms in total. The largest absolute Gasteiger partial charge is 0.303 e. The Hall–Kier alpha value is -0.370. The topological polar surface area (TPSA) is 20.3 Å². The third-order valence-corrected chi connectivity index (χ3v) is 3.58. The van der Waals surface area contributed by atoms with E-state index in [1.165, 1.54) is 12.8 Å². The molecule has 2 heteroatoms. The highest BCUT2D eigenvalue weighted by atomic mass is 16.1. The third-order valence-electron chi connectivity index (χ3n) is 3.58. The van der Waals surface area contributed by atoms with Crippen LogP contribution in [0.5, 0.6) is 0 Å². The fourth-order valence-electron chi connectivity index (χ4n) is 2.74. The third kappa shape index (κ3) is 4.25. The summed E-state index contributed by atoms with van der Waals surface area (Å²) in [6.45, 7) is 10.0. The summed E-state index contributed by atoms with van der Waals surface area (Å²) >= 11 is 0. The fourth-order valence-corrected chi connectivity index (χ4v) is 2.74. The van der Waals surface area contributed by atoms with Crippen molar-refractivity contribution in [3.8, 4) is 0 Å². The van der Waals surface area contributed by atoms with Crippen LogP contribution in [-0.2, 0) is 4.79 Å². The Morgan fingerprint density at radius 3 is 2.44 bits per heavy atom. The quantitative estimate of drug-likeness (QED) is 0.692. The molecule has 2 atom stereocenters. The molecule has 1 rings (SSSR count). The molecule has 0 aliphatic heterocycles. The van der Waals surface area contributed by atoms with E-state index >= 15 is 0 Å². The second-order valence-electron chi connectivity index (χ2n) is 5.34. The number of carbonyl (C=O) groups is 1. The Balaban J connectivity index is 2.44. The van der Waals surface area contributed by atoms with E-state index in [4.69, 9.17) is 0 Å². The Morgan fingerprint density at radius 2 is 1.88 bits per heavy atom. The van der Waals surface area contributed by atoms with Crippen molar-refractivity contribution in [3.63, 3.8) is 0 Å². The van der Waals surface area contributed by atoms with E-state index < -0.39 is 0 Å². The summed E-state index contributed by atoms with van der Waals surface area (Å²) in [4.78, 5) is 14.3. The van der Waals surface area contributed by atoms with Crippen molar-refractivity contribution in [3.05, 3.63) is 0 Å². The van der Waals surface area contributed by atoms with Gasteiger partial charge in [-0.25, -0.2) is 0 Å². The van der Waals surface area contributed by atoms with Gasteiger partial charge in [0.2, 0.25) is 0 Å². The van der Waals surface area contributed by atoms with Crippen molar-refractivity contribution in [2.24, 2.45) is 11.8 Å². The average molecular weight is 225 g/mol. The molecular formula is C14H27NO. The van der Waals surface area contributed by atoms with Gasteiger partial charge in [0.05, 0.1) is 0 Å². The summed E-state index contributed by atoms with van der Waals surface area (Å²) < 4.78 is 0. The molecule has 0 saturated heterocycles. The Bertz CT molecular complexity index is 209. The highest BCUT2D eigenvalue weighted by Crippen LogP contribution is 2.26. The van der Waals surface area contributed by atoms with Gasteiger partial charge in [-0.2, -0.15) is 0 Å². The maximum Gasteiger partial charge on any atom is 0.137 e. The molecule has 0 N–H and O–H groups in total. The number of ketones is 1. The molecule has 94 valence electrons. The minimum Gasteiger partial charge on any atom is -0.303 e. The average Bonchev–Trinajstić information content (AvgIpc) is 2.24. The molecule has 0 bridgehead atoms. The molecule has 0 amide bonds. The Kier molecular flexibility index (Phi) is 6.04. The van der Waals surface area contributed by atoms with E-state index in [2.05, 4.69) is 25.7 Å². The molecule has 0 aromatic heterocycles. The van der Waals surface area contributed by atoms with Crippen LogP contribution in [0.1, 0.15) is 52.9 Å². The number of Topliss-reactive ketones (excluding diaryl/α,β-unsaturated/α-hetero) is 1. The van der Waals surface area contributed by atoms with Gasteiger partial charge in [-0.05, 0) is 44.7 Å². The molecule has 1 saturated carbocycles. The molecule has 0 spiro atoms. The zero-order valence-electron chi connectivity index (χ0n) is 11.2. The molecule has 1 aliphatic carbocycles. The number of hydrogen-bond donors (Lipinski definition) is 0. The lowest BCUT2D eigenvalue weighted by atomic mass is 9.81. The molecule has 2 unspecified atom stereocenters. The predicted octanol–water partition coefficient (Wildman–Crippen LogP) is 3.11. The first-order chi connectivity index (χ1) is 7.67. The molecule has 0 heterocycles.